The minimum atomic E-state index is -0.357. The smallest absolute Gasteiger partial charge is 0.291 e. The fraction of sp³-hybridized carbons (Fsp3) is 0.417. The Bertz CT molecular complexity index is 661. The molecule has 1 aliphatic carbocycles. The van der Waals surface area contributed by atoms with Crippen molar-refractivity contribution >= 4 is 5.91 Å². The summed E-state index contributed by atoms with van der Waals surface area (Å²) in [4.78, 5) is 20.2. The largest absolute Gasteiger partial charge is 0.396 e. The molecule has 0 saturated carbocycles. The number of aliphatic hydroxyl groups is 1. The molecular formula is C12H15N7O2. The van der Waals surface area contributed by atoms with Gasteiger partial charge in [-0.05, 0) is 13.3 Å². The van der Waals surface area contributed by atoms with E-state index in [-0.39, 0.29) is 30.3 Å². The Morgan fingerprint density at radius 2 is 2.43 bits per heavy atom. The summed E-state index contributed by atoms with van der Waals surface area (Å²) in [6.45, 7) is 1.81. The second kappa shape index (κ2) is 5.44. The van der Waals surface area contributed by atoms with E-state index in [1.165, 1.54) is 11.0 Å². The van der Waals surface area contributed by atoms with E-state index in [4.69, 9.17) is 5.11 Å². The van der Waals surface area contributed by atoms with Crippen molar-refractivity contribution in [3.63, 3.8) is 0 Å². The Morgan fingerprint density at radius 1 is 1.57 bits per heavy atom. The van der Waals surface area contributed by atoms with Crippen LogP contribution < -0.4 is 5.32 Å². The van der Waals surface area contributed by atoms with Crippen LogP contribution >= 0.6 is 0 Å². The Balaban J connectivity index is 1.71. The summed E-state index contributed by atoms with van der Waals surface area (Å²) >= 11 is 0. The van der Waals surface area contributed by atoms with Crippen LogP contribution in [-0.4, -0.2) is 53.6 Å². The minimum absolute atomic E-state index is 0.0738. The maximum absolute atomic E-state index is 12.1. The van der Waals surface area contributed by atoms with Gasteiger partial charge in [0, 0.05) is 18.6 Å². The van der Waals surface area contributed by atoms with Gasteiger partial charge in [0.15, 0.2) is 0 Å². The summed E-state index contributed by atoms with van der Waals surface area (Å²) in [6, 6.07) is -0.104. The first-order valence-corrected chi connectivity index (χ1v) is 6.57. The molecule has 0 bridgehead atoms. The molecule has 9 nitrogen and oxygen atoms in total. The molecule has 2 aromatic heterocycles. The van der Waals surface area contributed by atoms with E-state index < -0.39 is 0 Å². The molecule has 9 heteroatoms. The molecule has 1 amide bonds. The van der Waals surface area contributed by atoms with Crippen LogP contribution in [0.5, 0.6) is 0 Å². The van der Waals surface area contributed by atoms with Crippen molar-refractivity contribution in [2.75, 3.05) is 6.61 Å². The first-order chi connectivity index (χ1) is 10.2. The number of carbonyl (C=O) groups excluding carboxylic acids is 1. The lowest BCUT2D eigenvalue weighted by Gasteiger charge is -2.10. The number of carbonyl (C=O) groups is 1. The number of aromatic nitrogens is 6. The molecule has 110 valence electrons. The average Bonchev–Trinajstić information content (AvgIpc) is 3.17. The quantitative estimate of drug-likeness (QED) is 0.644. The molecule has 0 saturated heterocycles. The van der Waals surface area contributed by atoms with Crippen molar-refractivity contribution in [2.45, 2.75) is 19.4 Å². The summed E-state index contributed by atoms with van der Waals surface area (Å²) in [6.07, 6.45) is 5.81. The first kappa shape index (κ1) is 13.4. The van der Waals surface area contributed by atoms with Crippen LogP contribution in [-0.2, 0) is 0 Å². The van der Waals surface area contributed by atoms with Gasteiger partial charge >= 0.3 is 0 Å². The number of aryl methyl sites for hydroxylation is 1. The number of aromatic amines is 1. The SMILES string of the molecule is Cc1nc(C(=O)N[C@@H]2C=C[C@H](CO)C2)nn1-c1ncn[nH]1. The lowest BCUT2D eigenvalue weighted by atomic mass is 10.1. The van der Waals surface area contributed by atoms with Gasteiger partial charge in [0.05, 0.1) is 0 Å². The molecular weight excluding hydrogens is 274 g/mol. The van der Waals surface area contributed by atoms with Crippen molar-refractivity contribution in [3.05, 3.63) is 30.1 Å². The number of rotatable bonds is 4. The van der Waals surface area contributed by atoms with Gasteiger partial charge in [0.2, 0.25) is 11.8 Å². The van der Waals surface area contributed by atoms with Crippen LogP contribution in [0.4, 0.5) is 0 Å². The molecule has 0 fully saturated rings. The van der Waals surface area contributed by atoms with Crippen LogP contribution in [0.15, 0.2) is 18.5 Å². The van der Waals surface area contributed by atoms with Gasteiger partial charge in [0.1, 0.15) is 12.2 Å². The average molecular weight is 289 g/mol. The Labute approximate surface area is 120 Å². The molecule has 0 aliphatic heterocycles. The molecule has 21 heavy (non-hydrogen) atoms. The van der Waals surface area contributed by atoms with Crippen molar-refractivity contribution in [3.8, 4) is 5.95 Å². The van der Waals surface area contributed by atoms with E-state index in [2.05, 4.69) is 30.6 Å². The molecule has 0 aromatic carbocycles. The maximum Gasteiger partial charge on any atom is 0.291 e. The molecule has 1 aliphatic rings. The van der Waals surface area contributed by atoms with E-state index in [0.717, 1.165) is 0 Å². The number of nitrogens with one attached hydrogen (secondary N) is 2. The van der Waals surface area contributed by atoms with E-state index in [1.807, 2.05) is 12.2 Å². The monoisotopic (exact) mass is 289 g/mol. The number of hydrogen-bond acceptors (Lipinski definition) is 6. The molecule has 0 unspecified atom stereocenters. The predicted octanol–water partition coefficient (Wildman–Crippen LogP) is -0.639. The summed E-state index contributed by atoms with van der Waals surface area (Å²) in [5.41, 5.74) is 0. The lowest BCUT2D eigenvalue weighted by Crippen LogP contribution is -2.33. The highest BCUT2D eigenvalue weighted by atomic mass is 16.3. The van der Waals surface area contributed by atoms with Crippen LogP contribution in [0.25, 0.3) is 5.95 Å². The van der Waals surface area contributed by atoms with Crippen molar-refractivity contribution in [2.24, 2.45) is 5.92 Å². The number of amides is 1. The third kappa shape index (κ3) is 2.68. The summed E-state index contributed by atoms with van der Waals surface area (Å²) < 4.78 is 1.42. The fourth-order valence-corrected chi connectivity index (χ4v) is 2.24. The van der Waals surface area contributed by atoms with Gasteiger partial charge in [-0.1, -0.05) is 12.2 Å². The molecule has 2 atom stereocenters. The topological polar surface area (TPSA) is 122 Å². The van der Waals surface area contributed by atoms with Gasteiger partial charge < -0.3 is 10.4 Å². The van der Waals surface area contributed by atoms with Gasteiger partial charge in [-0.15, -0.1) is 5.10 Å². The molecule has 3 N–H and O–H groups in total. The Kier molecular flexibility index (Phi) is 3.48. The first-order valence-electron chi connectivity index (χ1n) is 6.57. The third-order valence-corrected chi connectivity index (χ3v) is 3.30. The molecule has 3 rings (SSSR count). The van der Waals surface area contributed by atoms with Gasteiger partial charge in [-0.25, -0.2) is 10.1 Å². The van der Waals surface area contributed by atoms with Crippen LogP contribution in [0.1, 0.15) is 22.9 Å². The molecule has 2 aromatic rings. The van der Waals surface area contributed by atoms with Crippen molar-refractivity contribution < 1.29 is 9.90 Å². The fourth-order valence-electron chi connectivity index (χ4n) is 2.24. The van der Waals surface area contributed by atoms with Crippen LogP contribution in [0, 0.1) is 12.8 Å². The third-order valence-electron chi connectivity index (χ3n) is 3.30. The van der Waals surface area contributed by atoms with Crippen LogP contribution in [0.3, 0.4) is 0 Å². The summed E-state index contributed by atoms with van der Waals surface area (Å²) in [5, 5.41) is 22.4. The summed E-state index contributed by atoms with van der Waals surface area (Å²) in [5.74, 6) is 0.748. The zero-order chi connectivity index (χ0) is 14.8. The second-order valence-electron chi connectivity index (χ2n) is 4.85. The van der Waals surface area contributed by atoms with Gasteiger partial charge in [-0.2, -0.15) is 14.8 Å². The zero-order valence-electron chi connectivity index (χ0n) is 11.4. The number of H-pyrrole nitrogens is 1. The summed E-state index contributed by atoms with van der Waals surface area (Å²) in [7, 11) is 0. The Hall–Kier alpha value is -2.55. The molecule has 0 radical (unpaired) electrons. The van der Waals surface area contributed by atoms with Crippen molar-refractivity contribution in [1.82, 2.24) is 35.3 Å². The normalized spacial score (nSPS) is 20.9. The zero-order valence-corrected chi connectivity index (χ0v) is 11.4. The highest BCUT2D eigenvalue weighted by molar-refractivity contribution is 5.90. The predicted molar refractivity (Wildman–Crippen MR) is 71.6 cm³/mol. The number of nitrogens with zero attached hydrogens (tertiary/aromatic N) is 5. The molecule has 2 heterocycles. The van der Waals surface area contributed by atoms with E-state index >= 15 is 0 Å². The van der Waals surface area contributed by atoms with E-state index in [9.17, 15) is 4.79 Å². The molecule has 0 spiro atoms. The van der Waals surface area contributed by atoms with E-state index in [1.54, 1.807) is 6.92 Å². The van der Waals surface area contributed by atoms with Gasteiger partial charge in [0.25, 0.3) is 5.91 Å². The van der Waals surface area contributed by atoms with Crippen molar-refractivity contribution in [1.29, 1.82) is 0 Å². The Morgan fingerprint density at radius 3 is 3.10 bits per heavy atom. The lowest BCUT2D eigenvalue weighted by molar-refractivity contribution is 0.0930. The maximum atomic E-state index is 12.1. The standard InChI is InChI=1S/C12H15N7O2/c1-7-15-10(18-19(7)12-13-6-14-17-12)11(21)16-9-3-2-8(4-9)5-20/h2-3,6,8-9,20H,4-5H2,1H3,(H,16,21)(H,13,14,17)/t8-,9+/m0/s1. The van der Waals surface area contributed by atoms with Crippen LogP contribution in [0.2, 0.25) is 0 Å². The number of aliphatic hydroxyl groups excluding tert-OH is 1. The minimum Gasteiger partial charge on any atom is -0.396 e. The van der Waals surface area contributed by atoms with E-state index in [0.29, 0.717) is 18.2 Å². The highest BCUT2D eigenvalue weighted by Gasteiger charge is 2.23. The highest BCUT2D eigenvalue weighted by Crippen LogP contribution is 2.17. The van der Waals surface area contributed by atoms with Gasteiger partial charge in [-0.3, -0.25) is 4.79 Å². The second-order valence-corrected chi connectivity index (χ2v) is 4.85. The number of hydrogen-bond donors (Lipinski definition) is 3.